The average molecular weight is 1050 g/mol. The second kappa shape index (κ2) is 16.3. The van der Waals surface area contributed by atoms with Gasteiger partial charge in [-0.2, -0.15) is 0 Å². The number of fused-ring (bicyclic) bond motifs is 14. The van der Waals surface area contributed by atoms with E-state index in [0.717, 1.165) is 11.4 Å². The van der Waals surface area contributed by atoms with Crippen molar-refractivity contribution < 1.29 is 0 Å². The lowest BCUT2D eigenvalue weighted by Crippen LogP contribution is -2.60. The van der Waals surface area contributed by atoms with Crippen molar-refractivity contribution in [2.24, 2.45) is 0 Å². The normalized spacial score (nSPS) is 14.7. The largest absolute Gasteiger partial charge is 0.310 e. The van der Waals surface area contributed by atoms with Crippen LogP contribution in [0.2, 0.25) is 0 Å². The van der Waals surface area contributed by atoms with E-state index < -0.39 is 5.41 Å². The Hall–Kier alpha value is -7.56. The van der Waals surface area contributed by atoms with Gasteiger partial charge >= 0.3 is 0 Å². The number of nitrogens with zero attached hydrogens (tertiary/aromatic N) is 3. The number of para-hydroxylation sites is 1. The van der Waals surface area contributed by atoms with Crippen LogP contribution in [0.25, 0.3) is 66.1 Å². The Labute approximate surface area is 480 Å². The molecule has 2 aromatic heterocycles. The predicted molar refractivity (Wildman–Crippen MR) is 348 cm³/mol. The highest BCUT2D eigenvalue weighted by atomic mass is 15.1. The molecule has 3 aliphatic heterocycles. The van der Waals surface area contributed by atoms with Gasteiger partial charge in [-0.05, 0) is 171 Å². The van der Waals surface area contributed by atoms with Crippen molar-refractivity contribution in [1.29, 1.82) is 0 Å². The molecule has 1 spiro atoms. The van der Waals surface area contributed by atoms with E-state index in [1.807, 2.05) is 0 Å². The van der Waals surface area contributed by atoms with Crippen molar-refractivity contribution in [3.63, 3.8) is 0 Å². The lowest BCUT2D eigenvalue weighted by Gasteiger charge is -2.45. The van der Waals surface area contributed by atoms with Crippen LogP contribution >= 0.6 is 0 Å². The molecule has 3 nitrogen and oxygen atoms in total. The lowest BCUT2D eigenvalue weighted by atomic mass is 9.33. The Morgan fingerprint density at radius 2 is 0.975 bits per heavy atom. The van der Waals surface area contributed by atoms with Gasteiger partial charge in [0.15, 0.2) is 0 Å². The van der Waals surface area contributed by atoms with Gasteiger partial charge in [-0.15, -0.1) is 0 Å². The third-order valence-corrected chi connectivity index (χ3v) is 19.6. The molecule has 0 bridgehead atoms. The van der Waals surface area contributed by atoms with Crippen LogP contribution in [-0.2, 0) is 27.1 Å². The van der Waals surface area contributed by atoms with Crippen LogP contribution in [-0.4, -0.2) is 15.8 Å². The van der Waals surface area contributed by atoms with E-state index in [2.05, 4.69) is 283 Å². The first-order valence-electron chi connectivity index (χ1n) is 30.1. The Morgan fingerprint density at radius 1 is 0.420 bits per heavy atom. The van der Waals surface area contributed by atoms with Crippen molar-refractivity contribution in [1.82, 2.24) is 9.13 Å². The molecule has 0 atom stereocenters. The van der Waals surface area contributed by atoms with Crippen LogP contribution in [0.3, 0.4) is 0 Å². The minimum absolute atomic E-state index is 0.0483. The van der Waals surface area contributed by atoms with Gasteiger partial charge in [0.25, 0.3) is 6.71 Å². The first-order chi connectivity index (χ1) is 38.4. The Kier molecular flexibility index (Phi) is 10.2. The first kappa shape index (κ1) is 50.4. The molecule has 0 saturated carbocycles. The fourth-order valence-corrected chi connectivity index (χ4v) is 15.2. The van der Waals surface area contributed by atoms with Gasteiger partial charge in [0, 0.05) is 49.8 Å². The smallest absolute Gasteiger partial charge is 0.252 e. The van der Waals surface area contributed by atoms with Gasteiger partial charge in [-0.25, -0.2) is 0 Å². The van der Waals surface area contributed by atoms with Crippen LogP contribution in [0.1, 0.15) is 178 Å². The molecule has 0 radical (unpaired) electrons. The Balaban J connectivity index is 1.16. The molecular formula is C77H76BN3. The molecule has 11 aromatic rings. The molecular weight excluding hydrogens is 978 g/mol. The molecule has 0 amide bonds. The number of hydrogen-bond acceptors (Lipinski definition) is 1. The number of aromatic nitrogens is 2. The summed E-state index contributed by atoms with van der Waals surface area (Å²) >= 11 is 0. The van der Waals surface area contributed by atoms with Gasteiger partial charge in [-0.3, -0.25) is 0 Å². The molecule has 0 fully saturated rings. The van der Waals surface area contributed by atoms with Gasteiger partial charge in [0.05, 0.1) is 27.7 Å². The van der Waals surface area contributed by atoms with E-state index in [4.69, 9.17) is 0 Å². The predicted octanol–water partition coefficient (Wildman–Crippen LogP) is 18.6. The summed E-state index contributed by atoms with van der Waals surface area (Å²) in [4.78, 5) is 2.52. The zero-order chi connectivity index (χ0) is 56.5. The van der Waals surface area contributed by atoms with E-state index in [0.29, 0.717) is 11.8 Å². The maximum atomic E-state index is 2.81. The maximum Gasteiger partial charge on any atom is 0.252 e. The van der Waals surface area contributed by atoms with Crippen molar-refractivity contribution >= 4 is 83.8 Å². The quantitative estimate of drug-likeness (QED) is 0.157. The van der Waals surface area contributed by atoms with Gasteiger partial charge in [0.1, 0.15) is 0 Å². The average Bonchev–Trinajstić information content (AvgIpc) is 3.08. The third-order valence-electron chi connectivity index (χ3n) is 19.6. The van der Waals surface area contributed by atoms with Crippen LogP contribution < -0.4 is 21.3 Å². The minimum atomic E-state index is -0.624. The maximum absolute atomic E-state index is 2.81. The van der Waals surface area contributed by atoms with E-state index in [1.54, 1.807) is 0 Å². The van der Waals surface area contributed by atoms with E-state index in [9.17, 15) is 0 Å². The second-order valence-electron chi connectivity index (χ2n) is 29.4. The number of rotatable bonds is 5. The third kappa shape index (κ3) is 6.71. The number of hydrogen-bond donors (Lipinski definition) is 0. The summed E-state index contributed by atoms with van der Waals surface area (Å²) in [5.74, 6) is 0.793. The summed E-state index contributed by atoms with van der Waals surface area (Å²) in [5, 5.41) is 5.31. The fraction of sp³-hybridized carbons (Fsp3) is 0.299. The zero-order valence-electron chi connectivity index (χ0n) is 50.6. The first-order valence-corrected chi connectivity index (χ1v) is 30.1. The second-order valence-corrected chi connectivity index (χ2v) is 29.4. The SMILES string of the molecule is CC(C)c1ccc(N(c2ccccc2)c2ccc3c4c2c2ccc(C(C)C)cc2n4-c2ccc4c5c2B3c2cc(C(C)(C)C)cc3c6cc(C(C)(C)C)cc(c6n-5c23)C42c3cc(C(C)(C)C)ccc3-c3ccc(C(C)(C)C)cc32)cc1. The van der Waals surface area contributed by atoms with Crippen molar-refractivity contribution in [2.75, 3.05) is 4.90 Å². The Morgan fingerprint density at radius 3 is 1.57 bits per heavy atom. The molecule has 402 valence electrons. The molecule has 1 aliphatic carbocycles. The topological polar surface area (TPSA) is 13.1 Å². The number of benzene rings is 9. The van der Waals surface area contributed by atoms with Crippen molar-refractivity contribution in [3.8, 4) is 22.5 Å². The minimum Gasteiger partial charge on any atom is -0.310 e. The zero-order valence-corrected chi connectivity index (χ0v) is 50.6. The lowest BCUT2D eigenvalue weighted by molar-refractivity contribution is 0.583. The molecule has 15 rings (SSSR count). The molecule has 5 heterocycles. The highest BCUT2D eigenvalue weighted by Gasteiger charge is 2.55. The summed E-state index contributed by atoms with van der Waals surface area (Å²) < 4.78 is 5.53. The standard InChI is InChI=1S/C77H76BN3/c1-43(2)45-22-27-52(28-23-45)79(51-20-18-17-19-21-51)64-35-33-62-72-67(64)55-29-24-46(44(3)4)36-66(55)80(72)65-34-32-58-71-68(65)78(62)63-42-50(76(14,15)16)38-57-56-37-49(75(11,12)13)41-61(69(56)81(71)70(57)63)77(58)59-39-47(73(5,6)7)25-30-53(59)54-31-26-48(40-60(54)77)74(8,9)10/h17-44H,1-16H3. The highest BCUT2D eigenvalue weighted by Crippen LogP contribution is 2.63. The summed E-state index contributed by atoms with van der Waals surface area (Å²) in [6.07, 6.45) is 0. The summed E-state index contributed by atoms with van der Waals surface area (Å²) in [6, 6.07) is 63.6. The van der Waals surface area contributed by atoms with E-state index in [-0.39, 0.29) is 28.4 Å². The van der Waals surface area contributed by atoms with Crippen molar-refractivity contribution in [2.45, 2.75) is 150 Å². The molecule has 0 N–H and O–H groups in total. The monoisotopic (exact) mass is 1050 g/mol. The van der Waals surface area contributed by atoms with E-state index >= 15 is 0 Å². The Bertz CT molecular complexity index is 4480. The molecule has 0 unspecified atom stereocenters. The fourth-order valence-electron chi connectivity index (χ4n) is 15.2. The van der Waals surface area contributed by atoms with Crippen molar-refractivity contribution in [3.05, 3.63) is 213 Å². The highest BCUT2D eigenvalue weighted by molar-refractivity contribution is 7.00. The van der Waals surface area contributed by atoms with Crippen LogP contribution in [0.15, 0.2) is 158 Å². The van der Waals surface area contributed by atoms with Gasteiger partial charge in [-0.1, -0.05) is 214 Å². The van der Waals surface area contributed by atoms with Crippen LogP contribution in [0.5, 0.6) is 0 Å². The van der Waals surface area contributed by atoms with Gasteiger partial charge < -0.3 is 14.0 Å². The molecule has 0 saturated heterocycles. The number of anilines is 3. The van der Waals surface area contributed by atoms with Crippen LogP contribution in [0.4, 0.5) is 17.1 Å². The molecule has 9 aromatic carbocycles. The van der Waals surface area contributed by atoms with Gasteiger partial charge in [0.2, 0.25) is 0 Å². The molecule has 4 heteroatoms. The molecule has 81 heavy (non-hydrogen) atoms. The molecule has 4 aliphatic rings. The summed E-state index contributed by atoms with van der Waals surface area (Å²) in [5.41, 5.74) is 31.2. The van der Waals surface area contributed by atoms with E-state index in [1.165, 1.54) is 144 Å². The summed E-state index contributed by atoms with van der Waals surface area (Å²) in [7, 11) is 0. The summed E-state index contributed by atoms with van der Waals surface area (Å²) in [6.45, 7) is 38.0. The van der Waals surface area contributed by atoms with Crippen LogP contribution in [0, 0.1) is 0 Å².